The van der Waals surface area contributed by atoms with Gasteiger partial charge in [0.15, 0.2) is 0 Å². The molecule has 2 fully saturated rings. The molecule has 1 aromatic carbocycles. The highest BCUT2D eigenvalue weighted by Crippen LogP contribution is 2.26. The predicted molar refractivity (Wildman–Crippen MR) is 85.0 cm³/mol. The highest BCUT2D eigenvalue weighted by atomic mass is 32.2. The minimum absolute atomic E-state index is 0.0150. The van der Waals surface area contributed by atoms with Gasteiger partial charge in [0.05, 0.1) is 18.6 Å². The Balaban J connectivity index is 1.71. The number of carbonyl (C=O) groups is 2. The molecule has 0 unspecified atom stereocenters. The number of hydrogen-bond acceptors (Lipinski definition) is 5. The van der Waals surface area contributed by atoms with Crippen LogP contribution in [0.5, 0.6) is 5.75 Å². The number of rotatable bonds is 4. The molecule has 2 saturated heterocycles. The van der Waals surface area contributed by atoms with Gasteiger partial charge < -0.3 is 10.1 Å². The quantitative estimate of drug-likeness (QED) is 0.791. The second kappa shape index (κ2) is 6.40. The Labute approximate surface area is 140 Å². The first-order valence-corrected chi connectivity index (χ1v) is 9.11. The number of amides is 3. The summed E-state index contributed by atoms with van der Waals surface area (Å²) in [5.41, 5.74) is 0. The van der Waals surface area contributed by atoms with E-state index in [0.717, 1.165) is 0 Å². The van der Waals surface area contributed by atoms with Gasteiger partial charge in [0, 0.05) is 25.2 Å². The van der Waals surface area contributed by atoms with Gasteiger partial charge in [-0.3, -0.25) is 9.69 Å². The molecule has 1 aromatic rings. The van der Waals surface area contributed by atoms with E-state index in [1.165, 1.54) is 28.4 Å². The van der Waals surface area contributed by atoms with Crippen LogP contribution in [0.15, 0.2) is 29.2 Å². The first-order chi connectivity index (χ1) is 11.4. The highest BCUT2D eigenvalue weighted by molar-refractivity contribution is 7.89. The number of nitrogens with zero attached hydrogens (tertiary/aromatic N) is 2. The number of ether oxygens (including phenoxy) is 1. The maximum atomic E-state index is 12.7. The Morgan fingerprint density at radius 2 is 1.92 bits per heavy atom. The lowest BCUT2D eigenvalue weighted by Gasteiger charge is -2.34. The third kappa shape index (κ3) is 2.96. The molecule has 0 spiro atoms. The summed E-state index contributed by atoms with van der Waals surface area (Å²) in [6.45, 7) is 0.545. The van der Waals surface area contributed by atoms with Gasteiger partial charge >= 0.3 is 6.03 Å². The minimum atomic E-state index is -3.62. The summed E-state index contributed by atoms with van der Waals surface area (Å²) in [5.74, 6) is 0.222. The van der Waals surface area contributed by atoms with Crippen LogP contribution in [0.25, 0.3) is 0 Å². The van der Waals surface area contributed by atoms with E-state index >= 15 is 0 Å². The number of sulfonamides is 1. The van der Waals surface area contributed by atoms with E-state index in [4.69, 9.17) is 4.74 Å². The number of urea groups is 1. The van der Waals surface area contributed by atoms with Gasteiger partial charge in [0.2, 0.25) is 15.9 Å². The van der Waals surface area contributed by atoms with E-state index in [9.17, 15) is 18.0 Å². The summed E-state index contributed by atoms with van der Waals surface area (Å²) in [5, 5.41) is 2.49. The lowest BCUT2D eigenvalue weighted by Crippen LogP contribution is -2.48. The van der Waals surface area contributed by atoms with E-state index in [0.29, 0.717) is 18.6 Å². The van der Waals surface area contributed by atoms with E-state index in [-0.39, 0.29) is 36.5 Å². The van der Waals surface area contributed by atoms with Gasteiger partial charge in [0.1, 0.15) is 5.75 Å². The van der Waals surface area contributed by atoms with Gasteiger partial charge in [-0.1, -0.05) is 6.07 Å². The van der Waals surface area contributed by atoms with E-state index < -0.39 is 16.1 Å². The summed E-state index contributed by atoms with van der Waals surface area (Å²) >= 11 is 0. The topological polar surface area (TPSA) is 96.0 Å². The summed E-state index contributed by atoms with van der Waals surface area (Å²) in [6, 6.07) is 5.68. The van der Waals surface area contributed by atoms with Gasteiger partial charge in [-0.25, -0.2) is 13.2 Å². The lowest BCUT2D eigenvalue weighted by molar-refractivity contribution is -0.127. The molecule has 24 heavy (non-hydrogen) atoms. The number of imide groups is 1. The zero-order valence-corrected chi connectivity index (χ0v) is 14.1. The first kappa shape index (κ1) is 16.7. The molecule has 0 aromatic heterocycles. The van der Waals surface area contributed by atoms with E-state index in [2.05, 4.69) is 5.32 Å². The van der Waals surface area contributed by atoms with Gasteiger partial charge in [-0.2, -0.15) is 4.31 Å². The molecule has 0 bridgehead atoms. The molecule has 2 aliphatic rings. The largest absolute Gasteiger partial charge is 0.497 e. The number of methoxy groups -OCH3 is 1. The monoisotopic (exact) mass is 353 g/mol. The number of nitrogens with one attached hydrogen (secondary N) is 1. The van der Waals surface area contributed by atoms with Crippen LogP contribution in [-0.2, 0) is 14.8 Å². The standard InChI is InChI=1S/C15H19N3O5S/c1-23-12-3-2-4-13(9-12)24(21,22)17-7-5-11(6-8-17)18-14(19)10-16-15(18)20/h2-4,9,11H,5-8,10H2,1H3,(H,16,20). The zero-order chi connectivity index (χ0) is 17.3. The fraction of sp³-hybridized carbons (Fsp3) is 0.467. The van der Waals surface area contributed by atoms with Gasteiger partial charge in [-0.15, -0.1) is 0 Å². The predicted octanol–water partition coefficient (Wildman–Crippen LogP) is 0.400. The number of carbonyl (C=O) groups excluding carboxylic acids is 2. The van der Waals surface area contributed by atoms with Crippen molar-refractivity contribution in [1.82, 2.24) is 14.5 Å². The summed E-state index contributed by atoms with van der Waals surface area (Å²) in [7, 11) is -2.14. The summed E-state index contributed by atoms with van der Waals surface area (Å²) in [6.07, 6.45) is 0.866. The maximum Gasteiger partial charge on any atom is 0.324 e. The molecule has 3 rings (SSSR count). The number of hydrogen-bond donors (Lipinski definition) is 1. The van der Waals surface area contributed by atoms with Crippen molar-refractivity contribution in [3.05, 3.63) is 24.3 Å². The Morgan fingerprint density at radius 1 is 1.21 bits per heavy atom. The molecular formula is C15H19N3O5S. The Kier molecular flexibility index (Phi) is 4.46. The molecule has 0 radical (unpaired) electrons. The highest BCUT2D eigenvalue weighted by Gasteiger charge is 2.38. The van der Waals surface area contributed by atoms with Crippen LogP contribution in [-0.4, -0.2) is 62.3 Å². The normalized spacial score (nSPS) is 20.3. The SMILES string of the molecule is COc1cccc(S(=O)(=O)N2CCC(N3C(=O)CNC3=O)CC2)c1. The smallest absolute Gasteiger partial charge is 0.324 e. The van der Waals surface area contributed by atoms with Crippen LogP contribution in [0.3, 0.4) is 0 Å². The maximum absolute atomic E-state index is 12.7. The van der Waals surface area contributed by atoms with Crippen molar-refractivity contribution < 1.29 is 22.7 Å². The van der Waals surface area contributed by atoms with Crippen molar-refractivity contribution in [2.24, 2.45) is 0 Å². The molecule has 0 atom stereocenters. The number of benzene rings is 1. The van der Waals surface area contributed by atoms with Gasteiger partial charge in [-0.05, 0) is 25.0 Å². The summed E-state index contributed by atoms with van der Waals surface area (Å²) < 4.78 is 31.9. The van der Waals surface area contributed by atoms with Crippen LogP contribution >= 0.6 is 0 Å². The zero-order valence-electron chi connectivity index (χ0n) is 13.3. The van der Waals surface area contributed by atoms with Crippen molar-refractivity contribution in [3.8, 4) is 5.75 Å². The van der Waals surface area contributed by atoms with Crippen LogP contribution in [0.4, 0.5) is 4.79 Å². The fourth-order valence-corrected chi connectivity index (χ4v) is 4.56. The molecule has 2 heterocycles. The first-order valence-electron chi connectivity index (χ1n) is 7.67. The van der Waals surface area contributed by atoms with Crippen molar-refractivity contribution in [2.45, 2.75) is 23.8 Å². The molecule has 8 nitrogen and oxygen atoms in total. The molecule has 0 aliphatic carbocycles. The lowest BCUT2D eigenvalue weighted by atomic mass is 10.1. The van der Waals surface area contributed by atoms with Crippen molar-refractivity contribution in [1.29, 1.82) is 0 Å². The van der Waals surface area contributed by atoms with E-state index in [1.807, 2.05) is 0 Å². The second-order valence-corrected chi connectivity index (χ2v) is 7.67. The molecule has 0 saturated carbocycles. The van der Waals surface area contributed by atoms with E-state index in [1.54, 1.807) is 12.1 Å². The van der Waals surface area contributed by atoms with Crippen LogP contribution in [0.1, 0.15) is 12.8 Å². The van der Waals surface area contributed by atoms with Crippen LogP contribution in [0.2, 0.25) is 0 Å². The molecule has 9 heteroatoms. The summed E-state index contributed by atoms with van der Waals surface area (Å²) in [4.78, 5) is 24.8. The Hall–Kier alpha value is -2.13. The molecule has 1 N–H and O–H groups in total. The Morgan fingerprint density at radius 3 is 2.50 bits per heavy atom. The molecule has 130 valence electrons. The molecule has 3 amide bonds. The fourth-order valence-electron chi connectivity index (χ4n) is 3.06. The van der Waals surface area contributed by atoms with Crippen LogP contribution < -0.4 is 10.1 Å². The molecule has 2 aliphatic heterocycles. The Bertz CT molecular complexity index is 740. The number of piperidine rings is 1. The van der Waals surface area contributed by atoms with Crippen molar-refractivity contribution >= 4 is 22.0 Å². The average molecular weight is 353 g/mol. The van der Waals surface area contributed by atoms with Crippen LogP contribution in [0, 0.1) is 0 Å². The second-order valence-electron chi connectivity index (χ2n) is 5.74. The van der Waals surface area contributed by atoms with Crippen molar-refractivity contribution in [2.75, 3.05) is 26.7 Å². The minimum Gasteiger partial charge on any atom is -0.497 e. The van der Waals surface area contributed by atoms with Gasteiger partial charge in [0.25, 0.3) is 0 Å². The third-order valence-corrected chi connectivity index (χ3v) is 6.24. The average Bonchev–Trinajstić information content (AvgIpc) is 2.93. The molecular weight excluding hydrogens is 334 g/mol. The third-order valence-electron chi connectivity index (χ3n) is 4.35. The van der Waals surface area contributed by atoms with Crippen molar-refractivity contribution in [3.63, 3.8) is 0 Å².